The second-order valence-corrected chi connectivity index (χ2v) is 6.93. The Kier molecular flexibility index (Phi) is 4.58. The number of carboxylic acid groups (broad SMARTS) is 1. The molecule has 116 valence electrons. The summed E-state index contributed by atoms with van der Waals surface area (Å²) in [6, 6.07) is 2.33. The van der Waals surface area contributed by atoms with Crippen molar-refractivity contribution >= 4 is 16.0 Å². The fraction of sp³-hybridized carbons (Fsp3) is 0.462. The fourth-order valence-electron chi connectivity index (χ4n) is 2.42. The molecule has 0 amide bonds. The highest BCUT2D eigenvalue weighted by Crippen LogP contribution is 2.27. The molecule has 8 heteroatoms. The van der Waals surface area contributed by atoms with E-state index in [2.05, 4.69) is 0 Å². The van der Waals surface area contributed by atoms with Crippen molar-refractivity contribution in [2.45, 2.75) is 24.2 Å². The molecule has 1 heterocycles. The van der Waals surface area contributed by atoms with Gasteiger partial charge in [0.05, 0.1) is 0 Å². The lowest BCUT2D eigenvalue weighted by atomic mass is 9.95. The number of carboxylic acids is 1. The number of halogens is 2. The maximum Gasteiger partial charge on any atom is 0.303 e. The zero-order valence-electron chi connectivity index (χ0n) is 11.1. The highest BCUT2D eigenvalue weighted by molar-refractivity contribution is 7.89. The Labute approximate surface area is 121 Å². The molecule has 0 atom stereocenters. The molecule has 1 aromatic rings. The van der Waals surface area contributed by atoms with Crippen molar-refractivity contribution < 1.29 is 27.1 Å². The fourth-order valence-corrected chi connectivity index (χ4v) is 3.94. The summed E-state index contributed by atoms with van der Waals surface area (Å²) in [5, 5.41) is 8.71. The molecule has 2 rings (SSSR count). The second-order valence-electron chi connectivity index (χ2n) is 5.02. The van der Waals surface area contributed by atoms with Gasteiger partial charge in [-0.25, -0.2) is 17.2 Å². The molecule has 1 fully saturated rings. The normalized spacial score (nSPS) is 17.8. The average molecular weight is 319 g/mol. The van der Waals surface area contributed by atoms with Gasteiger partial charge < -0.3 is 5.11 Å². The molecule has 0 unspecified atom stereocenters. The van der Waals surface area contributed by atoms with Crippen LogP contribution in [0.1, 0.15) is 19.3 Å². The van der Waals surface area contributed by atoms with E-state index in [-0.39, 0.29) is 25.4 Å². The molecule has 0 aromatic heterocycles. The van der Waals surface area contributed by atoms with Crippen LogP contribution in [0.4, 0.5) is 8.78 Å². The topological polar surface area (TPSA) is 74.7 Å². The van der Waals surface area contributed by atoms with Crippen molar-refractivity contribution in [3.05, 3.63) is 29.8 Å². The molecule has 1 aliphatic rings. The van der Waals surface area contributed by atoms with E-state index in [1.54, 1.807) is 0 Å². The van der Waals surface area contributed by atoms with Crippen LogP contribution in [-0.2, 0) is 14.8 Å². The molecule has 0 bridgehead atoms. The molecule has 0 aliphatic carbocycles. The van der Waals surface area contributed by atoms with Gasteiger partial charge in [-0.2, -0.15) is 4.31 Å². The molecule has 5 nitrogen and oxygen atoms in total. The SMILES string of the molecule is O=C(O)CC1CCN(S(=O)(=O)c2ccc(F)cc2F)CC1. The van der Waals surface area contributed by atoms with E-state index in [1.807, 2.05) is 0 Å². The van der Waals surface area contributed by atoms with Crippen molar-refractivity contribution in [2.75, 3.05) is 13.1 Å². The minimum absolute atomic E-state index is 0.00119. The maximum atomic E-state index is 13.6. The first-order valence-corrected chi connectivity index (χ1v) is 7.91. The van der Waals surface area contributed by atoms with E-state index in [1.165, 1.54) is 0 Å². The van der Waals surface area contributed by atoms with Crippen LogP contribution in [0.2, 0.25) is 0 Å². The smallest absolute Gasteiger partial charge is 0.303 e. The Bertz CT molecular complexity index is 640. The summed E-state index contributed by atoms with van der Waals surface area (Å²) in [4.78, 5) is 10.1. The van der Waals surface area contributed by atoms with Gasteiger partial charge in [0.1, 0.15) is 16.5 Å². The zero-order chi connectivity index (χ0) is 15.6. The van der Waals surface area contributed by atoms with E-state index in [9.17, 15) is 22.0 Å². The number of hydrogen-bond donors (Lipinski definition) is 1. The summed E-state index contributed by atoms with van der Waals surface area (Å²) in [6.45, 7) is 0.272. The molecule has 0 spiro atoms. The molecule has 1 N–H and O–H groups in total. The van der Waals surface area contributed by atoms with E-state index in [0.29, 0.717) is 18.9 Å². The van der Waals surface area contributed by atoms with Crippen LogP contribution < -0.4 is 0 Å². The molecular formula is C13H15F2NO4S. The summed E-state index contributed by atoms with van der Waals surface area (Å²) >= 11 is 0. The van der Waals surface area contributed by atoms with E-state index >= 15 is 0 Å². The van der Waals surface area contributed by atoms with Gasteiger partial charge in [0, 0.05) is 25.6 Å². The number of nitrogens with zero attached hydrogens (tertiary/aromatic N) is 1. The van der Waals surface area contributed by atoms with Gasteiger partial charge in [0.2, 0.25) is 10.0 Å². The Balaban J connectivity index is 2.13. The zero-order valence-corrected chi connectivity index (χ0v) is 11.9. The van der Waals surface area contributed by atoms with Crippen LogP contribution >= 0.6 is 0 Å². The minimum Gasteiger partial charge on any atom is -0.481 e. The third-order valence-corrected chi connectivity index (χ3v) is 5.48. The van der Waals surface area contributed by atoms with E-state index < -0.39 is 32.5 Å². The molecule has 1 aromatic carbocycles. The molecule has 0 radical (unpaired) electrons. The van der Waals surface area contributed by atoms with Crippen molar-refractivity contribution in [1.82, 2.24) is 4.31 Å². The Morgan fingerprint density at radius 3 is 2.43 bits per heavy atom. The van der Waals surface area contributed by atoms with Crippen molar-refractivity contribution in [2.24, 2.45) is 5.92 Å². The van der Waals surface area contributed by atoms with Crippen LogP contribution in [0, 0.1) is 17.6 Å². The second kappa shape index (κ2) is 6.07. The lowest BCUT2D eigenvalue weighted by Crippen LogP contribution is -2.39. The lowest BCUT2D eigenvalue weighted by Gasteiger charge is -2.30. The highest BCUT2D eigenvalue weighted by Gasteiger charge is 2.31. The predicted octanol–water partition coefficient (Wildman–Crippen LogP) is 1.84. The largest absolute Gasteiger partial charge is 0.481 e. The van der Waals surface area contributed by atoms with Gasteiger partial charge in [-0.1, -0.05) is 0 Å². The molecule has 1 saturated heterocycles. The summed E-state index contributed by atoms with van der Waals surface area (Å²) in [7, 11) is -4.02. The number of aliphatic carboxylic acids is 1. The van der Waals surface area contributed by atoms with Crippen LogP contribution in [0.5, 0.6) is 0 Å². The van der Waals surface area contributed by atoms with E-state index in [0.717, 1.165) is 16.4 Å². The maximum absolute atomic E-state index is 13.6. The number of rotatable bonds is 4. The van der Waals surface area contributed by atoms with Gasteiger partial charge in [-0.05, 0) is 30.9 Å². The van der Waals surface area contributed by atoms with Crippen LogP contribution in [0.15, 0.2) is 23.1 Å². The number of hydrogen-bond acceptors (Lipinski definition) is 3. The van der Waals surface area contributed by atoms with Gasteiger partial charge >= 0.3 is 5.97 Å². The number of piperidine rings is 1. The predicted molar refractivity (Wildman–Crippen MR) is 70.1 cm³/mol. The van der Waals surface area contributed by atoms with Crippen molar-refractivity contribution in [1.29, 1.82) is 0 Å². The van der Waals surface area contributed by atoms with Crippen molar-refractivity contribution in [3.8, 4) is 0 Å². The molecular weight excluding hydrogens is 304 g/mol. The van der Waals surface area contributed by atoms with Crippen LogP contribution in [0.25, 0.3) is 0 Å². The first-order chi connectivity index (χ1) is 9.80. The number of carbonyl (C=O) groups is 1. The van der Waals surface area contributed by atoms with Gasteiger partial charge in [0.15, 0.2) is 0 Å². The summed E-state index contributed by atoms with van der Waals surface area (Å²) in [5.74, 6) is -2.96. The van der Waals surface area contributed by atoms with Gasteiger partial charge in [0.25, 0.3) is 0 Å². The van der Waals surface area contributed by atoms with Crippen molar-refractivity contribution in [3.63, 3.8) is 0 Å². The first kappa shape index (κ1) is 15.8. The monoisotopic (exact) mass is 319 g/mol. The Morgan fingerprint density at radius 1 is 1.29 bits per heavy atom. The lowest BCUT2D eigenvalue weighted by molar-refractivity contribution is -0.138. The van der Waals surface area contributed by atoms with Crippen LogP contribution in [0.3, 0.4) is 0 Å². The standard InChI is InChI=1S/C13H15F2NO4S/c14-10-1-2-12(11(15)8-10)21(19,20)16-5-3-9(4-6-16)7-13(17)18/h1-2,8-9H,3-7H2,(H,17,18). The average Bonchev–Trinajstić information content (AvgIpc) is 2.38. The molecule has 21 heavy (non-hydrogen) atoms. The van der Waals surface area contributed by atoms with E-state index in [4.69, 9.17) is 5.11 Å². The number of sulfonamides is 1. The highest BCUT2D eigenvalue weighted by atomic mass is 32.2. The summed E-state index contributed by atoms with van der Waals surface area (Å²) < 4.78 is 52.2. The van der Waals surface area contributed by atoms with Gasteiger partial charge in [-0.3, -0.25) is 4.79 Å². The first-order valence-electron chi connectivity index (χ1n) is 6.47. The van der Waals surface area contributed by atoms with Gasteiger partial charge in [-0.15, -0.1) is 0 Å². The minimum atomic E-state index is -4.02. The third kappa shape index (κ3) is 3.56. The van der Waals surface area contributed by atoms with Crippen LogP contribution in [-0.4, -0.2) is 36.9 Å². The summed E-state index contributed by atoms with van der Waals surface area (Å²) in [6.07, 6.45) is 0.821. The third-order valence-electron chi connectivity index (χ3n) is 3.55. The number of benzene rings is 1. The quantitative estimate of drug-likeness (QED) is 0.919. The summed E-state index contributed by atoms with van der Waals surface area (Å²) in [5.41, 5.74) is 0. The molecule has 0 saturated carbocycles. The Morgan fingerprint density at radius 2 is 1.90 bits per heavy atom. The Hall–Kier alpha value is -1.54. The molecule has 1 aliphatic heterocycles.